The summed E-state index contributed by atoms with van der Waals surface area (Å²) < 4.78 is 20.0. The van der Waals surface area contributed by atoms with E-state index in [1.165, 1.54) is 15.7 Å². The molecule has 0 amide bonds. The minimum Gasteiger partial charge on any atom is -0.460 e. The molecule has 102 valence electrons. The number of halogens is 2. The Balaban J connectivity index is 2.11. The van der Waals surface area contributed by atoms with Gasteiger partial charge >= 0.3 is 0 Å². The van der Waals surface area contributed by atoms with Crippen molar-refractivity contribution in [2.24, 2.45) is 0 Å². The second kappa shape index (κ2) is 5.41. The first kappa shape index (κ1) is 13.9. The average molecular weight is 398 g/mol. The van der Waals surface area contributed by atoms with Crippen molar-refractivity contribution in [3.63, 3.8) is 0 Å². The predicted molar refractivity (Wildman–Crippen MR) is 88.9 cm³/mol. The van der Waals surface area contributed by atoms with Gasteiger partial charge in [-0.2, -0.15) is 0 Å². The van der Waals surface area contributed by atoms with E-state index in [-0.39, 0.29) is 5.82 Å². The molecule has 2 aromatic carbocycles. The highest BCUT2D eigenvalue weighted by Gasteiger charge is 2.14. The van der Waals surface area contributed by atoms with E-state index in [1.54, 1.807) is 23.9 Å². The van der Waals surface area contributed by atoms with Gasteiger partial charge in [0.2, 0.25) is 0 Å². The summed E-state index contributed by atoms with van der Waals surface area (Å²) in [4.78, 5) is 2.11. The van der Waals surface area contributed by atoms with Crippen molar-refractivity contribution in [1.29, 1.82) is 0 Å². The van der Waals surface area contributed by atoms with Gasteiger partial charge in [-0.3, -0.25) is 0 Å². The number of hydrogen-bond donors (Lipinski definition) is 0. The average Bonchev–Trinajstić information content (AvgIpc) is 2.70. The zero-order valence-electron chi connectivity index (χ0n) is 11.0. The van der Waals surface area contributed by atoms with Gasteiger partial charge in [-0.25, -0.2) is 4.39 Å². The van der Waals surface area contributed by atoms with E-state index in [9.17, 15) is 4.39 Å². The summed E-state index contributed by atoms with van der Waals surface area (Å²) in [7, 11) is 0. The summed E-state index contributed by atoms with van der Waals surface area (Å²) in [6.07, 6.45) is 0. The second-order valence-electron chi connectivity index (χ2n) is 4.64. The fourth-order valence-corrected chi connectivity index (χ4v) is 3.90. The number of aryl methyl sites for hydroxylation is 2. The van der Waals surface area contributed by atoms with Gasteiger partial charge in [0.15, 0.2) is 0 Å². The van der Waals surface area contributed by atoms with E-state index in [4.69, 9.17) is 4.42 Å². The maximum absolute atomic E-state index is 13.0. The van der Waals surface area contributed by atoms with Crippen LogP contribution in [0.4, 0.5) is 4.39 Å². The molecule has 0 unspecified atom stereocenters. The minimum absolute atomic E-state index is 0.214. The molecule has 0 fully saturated rings. The number of fused-ring (bicyclic) bond motifs is 1. The smallest absolute Gasteiger partial charge is 0.138 e. The van der Waals surface area contributed by atoms with E-state index in [0.29, 0.717) is 0 Å². The summed E-state index contributed by atoms with van der Waals surface area (Å²) in [5.41, 5.74) is 2.08. The topological polar surface area (TPSA) is 13.1 Å². The molecule has 0 N–H and O–H groups in total. The SMILES string of the molecule is Cc1oc2c(C)cc(I)cc2c1Sc1ccc(F)cc1. The lowest BCUT2D eigenvalue weighted by Crippen LogP contribution is -1.79. The Labute approximate surface area is 134 Å². The van der Waals surface area contributed by atoms with E-state index in [0.717, 1.165) is 32.1 Å². The first-order chi connectivity index (χ1) is 9.54. The molecule has 4 heteroatoms. The third-order valence-corrected chi connectivity index (χ3v) is 4.93. The summed E-state index contributed by atoms with van der Waals surface area (Å²) >= 11 is 3.93. The number of benzene rings is 2. The fourth-order valence-electron chi connectivity index (χ4n) is 2.17. The van der Waals surface area contributed by atoms with Gasteiger partial charge in [-0.1, -0.05) is 11.8 Å². The van der Waals surface area contributed by atoms with Crippen molar-refractivity contribution < 1.29 is 8.81 Å². The van der Waals surface area contributed by atoms with Crippen LogP contribution in [0.2, 0.25) is 0 Å². The summed E-state index contributed by atoms with van der Waals surface area (Å²) in [5.74, 6) is 0.688. The van der Waals surface area contributed by atoms with Crippen molar-refractivity contribution in [2.75, 3.05) is 0 Å². The van der Waals surface area contributed by atoms with E-state index < -0.39 is 0 Å². The summed E-state index contributed by atoms with van der Waals surface area (Å²) in [6.45, 7) is 4.03. The molecular formula is C16H12FIOS. The number of hydrogen-bond acceptors (Lipinski definition) is 2. The zero-order valence-corrected chi connectivity index (χ0v) is 14.0. The highest BCUT2D eigenvalue weighted by molar-refractivity contribution is 14.1. The molecule has 0 spiro atoms. The number of rotatable bonds is 2. The Kier molecular flexibility index (Phi) is 3.77. The Morgan fingerprint density at radius 3 is 2.50 bits per heavy atom. The molecule has 3 rings (SSSR count). The summed E-state index contributed by atoms with van der Waals surface area (Å²) in [5, 5.41) is 1.13. The standard InChI is InChI=1S/C16H12FIOS/c1-9-7-12(18)8-14-15(9)19-10(2)16(14)20-13-5-3-11(17)4-6-13/h3-8H,1-2H3. The van der Waals surface area contributed by atoms with Gasteiger partial charge in [-0.15, -0.1) is 0 Å². The predicted octanol–water partition coefficient (Wildman–Crippen LogP) is 5.94. The van der Waals surface area contributed by atoms with Crippen LogP contribution in [0.3, 0.4) is 0 Å². The first-order valence-electron chi connectivity index (χ1n) is 6.17. The van der Waals surface area contributed by atoms with Crippen molar-refractivity contribution in [3.05, 3.63) is 57.1 Å². The van der Waals surface area contributed by atoms with Crippen LogP contribution in [0.5, 0.6) is 0 Å². The van der Waals surface area contributed by atoms with Crippen LogP contribution in [0.25, 0.3) is 11.0 Å². The Morgan fingerprint density at radius 1 is 1.10 bits per heavy atom. The molecular weight excluding hydrogens is 386 g/mol. The molecule has 0 bridgehead atoms. The van der Waals surface area contributed by atoms with Gasteiger partial charge in [-0.05, 0) is 78.4 Å². The monoisotopic (exact) mass is 398 g/mol. The number of furan rings is 1. The molecule has 0 radical (unpaired) electrons. The minimum atomic E-state index is -0.214. The van der Waals surface area contributed by atoms with Gasteiger partial charge in [0.25, 0.3) is 0 Å². The maximum Gasteiger partial charge on any atom is 0.138 e. The van der Waals surface area contributed by atoms with Crippen LogP contribution >= 0.6 is 34.4 Å². The third kappa shape index (κ3) is 2.59. The molecule has 0 saturated heterocycles. The molecule has 20 heavy (non-hydrogen) atoms. The molecule has 0 atom stereocenters. The second-order valence-corrected chi connectivity index (χ2v) is 6.97. The van der Waals surface area contributed by atoms with E-state index in [2.05, 4.69) is 41.6 Å². The molecule has 0 aliphatic rings. The van der Waals surface area contributed by atoms with Gasteiger partial charge in [0, 0.05) is 13.9 Å². The Hall–Kier alpha value is -1.01. The van der Waals surface area contributed by atoms with Crippen LogP contribution in [-0.2, 0) is 0 Å². The quantitative estimate of drug-likeness (QED) is 0.496. The molecule has 1 heterocycles. The molecule has 0 aliphatic heterocycles. The molecule has 3 aromatic rings. The van der Waals surface area contributed by atoms with Crippen LogP contribution in [0, 0.1) is 23.2 Å². The molecule has 0 saturated carbocycles. The summed E-state index contributed by atoms with van der Waals surface area (Å²) in [6, 6.07) is 10.8. The van der Waals surface area contributed by atoms with Gasteiger partial charge in [0.05, 0.1) is 4.90 Å². The lowest BCUT2D eigenvalue weighted by molar-refractivity contribution is 0.566. The van der Waals surface area contributed by atoms with Gasteiger partial charge < -0.3 is 4.42 Å². The lowest BCUT2D eigenvalue weighted by Gasteiger charge is -2.01. The lowest BCUT2D eigenvalue weighted by atomic mass is 10.2. The van der Waals surface area contributed by atoms with Crippen molar-refractivity contribution in [1.82, 2.24) is 0 Å². The van der Waals surface area contributed by atoms with E-state index >= 15 is 0 Å². The third-order valence-electron chi connectivity index (χ3n) is 3.09. The maximum atomic E-state index is 13.0. The van der Waals surface area contributed by atoms with Crippen molar-refractivity contribution in [3.8, 4) is 0 Å². The van der Waals surface area contributed by atoms with Crippen LogP contribution in [-0.4, -0.2) is 0 Å². The fraction of sp³-hybridized carbons (Fsp3) is 0.125. The highest BCUT2D eigenvalue weighted by atomic mass is 127. The molecule has 1 nitrogen and oxygen atoms in total. The molecule has 0 aliphatic carbocycles. The Morgan fingerprint density at radius 2 is 1.80 bits per heavy atom. The van der Waals surface area contributed by atoms with Crippen LogP contribution < -0.4 is 0 Å². The zero-order chi connectivity index (χ0) is 14.3. The Bertz CT molecular complexity index is 777. The largest absolute Gasteiger partial charge is 0.460 e. The van der Waals surface area contributed by atoms with Crippen LogP contribution in [0.15, 0.2) is 50.6 Å². The van der Waals surface area contributed by atoms with Crippen LogP contribution in [0.1, 0.15) is 11.3 Å². The van der Waals surface area contributed by atoms with Crippen molar-refractivity contribution >= 4 is 45.3 Å². The molecule has 1 aromatic heterocycles. The van der Waals surface area contributed by atoms with Crippen molar-refractivity contribution in [2.45, 2.75) is 23.6 Å². The first-order valence-corrected chi connectivity index (χ1v) is 8.07. The van der Waals surface area contributed by atoms with E-state index in [1.807, 2.05) is 6.92 Å². The normalized spacial score (nSPS) is 11.2. The highest BCUT2D eigenvalue weighted by Crippen LogP contribution is 2.39. The van der Waals surface area contributed by atoms with Gasteiger partial charge in [0.1, 0.15) is 17.2 Å².